The van der Waals surface area contributed by atoms with Crippen LogP contribution in [-0.4, -0.2) is 67.6 Å². The molecule has 2 fully saturated rings. The molecule has 182 valence electrons. The number of anilines is 1. The number of rotatable bonds is 6. The summed E-state index contributed by atoms with van der Waals surface area (Å²) < 4.78 is 9.62. The Labute approximate surface area is 202 Å². The van der Waals surface area contributed by atoms with Crippen LogP contribution >= 0.6 is 0 Å². The number of amides is 1. The van der Waals surface area contributed by atoms with Gasteiger partial charge in [0.25, 0.3) is 5.91 Å². The highest BCUT2D eigenvalue weighted by Crippen LogP contribution is 2.38. The summed E-state index contributed by atoms with van der Waals surface area (Å²) in [5.41, 5.74) is 3.40. The molecule has 6 rings (SSSR count). The van der Waals surface area contributed by atoms with Gasteiger partial charge in [-0.3, -0.25) is 4.79 Å². The highest BCUT2D eigenvalue weighted by atomic mass is 16.5. The Balaban J connectivity index is 1.47. The molecule has 4 aromatic rings. The standard InChI is InChI=1S/C25H29N7O3/c1-26-22-11-18(29-24-15(12-28-32(22)24)25(34)30-17-8-9-20(17)33)16-13-31(19-6-3-7-21(19)35-2)23-14(16)5-4-10-27-23/h4-5,10-13,17,19-21,26,33H,3,6-9H2,1-2H3,(H,30,34)/t17-,19-,20+,21-/m1/s1. The van der Waals surface area contributed by atoms with Crippen LogP contribution in [-0.2, 0) is 4.74 Å². The van der Waals surface area contributed by atoms with Gasteiger partial charge in [-0.15, -0.1) is 0 Å². The van der Waals surface area contributed by atoms with Gasteiger partial charge in [0.2, 0.25) is 0 Å². The minimum absolute atomic E-state index is 0.149. The summed E-state index contributed by atoms with van der Waals surface area (Å²) in [5, 5.41) is 21.4. The molecule has 0 radical (unpaired) electrons. The van der Waals surface area contributed by atoms with E-state index in [0.29, 0.717) is 23.4 Å². The Morgan fingerprint density at radius 3 is 2.86 bits per heavy atom. The topological polar surface area (TPSA) is 119 Å². The number of fused-ring (bicyclic) bond motifs is 2. The maximum Gasteiger partial charge on any atom is 0.257 e. The number of aliphatic hydroxyl groups is 1. The first-order valence-corrected chi connectivity index (χ1v) is 12.1. The van der Waals surface area contributed by atoms with E-state index in [1.165, 1.54) is 6.20 Å². The molecule has 0 spiro atoms. The van der Waals surface area contributed by atoms with Crippen LogP contribution in [0.4, 0.5) is 5.82 Å². The molecule has 3 N–H and O–H groups in total. The largest absolute Gasteiger partial charge is 0.391 e. The summed E-state index contributed by atoms with van der Waals surface area (Å²) >= 11 is 0. The Hall–Kier alpha value is -3.50. The summed E-state index contributed by atoms with van der Waals surface area (Å²) in [7, 11) is 3.59. The predicted molar refractivity (Wildman–Crippen MR) is 131 cm³/mol. The number of methoxy groups -OCH3 is 1. The Bertz CT molecular complexity index is 1410. The molecule has 0 unspecified atom stereocenters. The molecule has 2 aliphatic rings. The molecular weight excluding hydrogens is 446 g/mol. The van der Waals surface area contributed by atoms with Crippen molar-refractivity contribution in [3.8, 4) is 11.3 Å². The van der Waals surface area contributed by atoms with Crippen molar-refractivity contribution in [2.45, 2.75) is 56.4 Å². The SMILES string of the molecule is CNc1cc(-c2cn([C@@H]3CCC[C@H]3OC)c3ncccc23)nc2c(C(=O)N[C@@H]3CC[C@@H]3O)cnn12. The van der Waals surface area contributed by atoms with Crippen molar-refractivity contribution in [2.24, 2.45) is 0 Å². The third-order valence-corrected chi connectivity index (χ3v) is 7.47. The van der Waals surface area contributed by atoms with Crippen LogP contribution in [0, 0.1) is 0 Å². The van der Waals surface area contributed by atoms with Crippen molar-refractivity contribution in [3.63, 3.8) is 0 Å². The lowest BCUT2D eigenvalue weighted by molar-refractivity contribution is 0.0448. The monoisotopic (exact) mass is 475 g/mol. The van der Waals surface area contributed by atoms with E-state index >= 15 is 0 Å². The fraction of sp³-hybridized carbons (Fsp3) is 0.440. The van der Waals surface area contributed by atoms with E-state index < -0.39 is 6.10 Å². The lowest BCUT2D eigenvalue weighted by atomic mass is 9.89. The van der Waals surface area contributed by atoms with Crippen LogP contribution in [0.3, 0.4) is 0 Å². The Kier molecular flexibility index (Phi) is 5.42. The second kappa shape index (κ2) is 8.62. The van der Waals surface area contributed by atoms with E-state index in [1.807, 2.05) is 25.4 Å². The third-order valence-electron chi connectivity index (χ3n) is 7.47. The number of aromatic nitrogens is 5. The van der Waals surface area contributed by atoms with E-state index in [2.05, 4.69) is 32.6 Å². The van der Waals surface area contributed by atoms with E-state index in [4.69, 9.17) is 14.7 Å². The van der Waals surface area contributed by atoms with E-state index in [1.54, 1.807) is 11.6 Å². The van der Waals surface area contributed by atoms with Crippen molar-refractivity contribution >= 4 is 28.4 Å². The molecule has 35 heavy (non-hydrogen) atoms. The van der Waals surface area contributed by atoms with Gasteiger partial charge in [-0.05, 0) is 44.2 Å². The van der Waals surface area contributed by atoms with Crippen molar-refractivity contribution in [1.29, 1.82) is 0 Å². The lowest BCUT2D eigenvalue weighted by Gasteiger charge is -2.32. The van der Waals surface area contributed by atoms with Crippen LogP contribution < -0.4 is 10.6 Å². The van der Waals surface area contributed by atoms with Crippen molar-refractivity contribution in [3.05, 3.63) is 42.4 Å². The number of carbonyl (C=O) groups excluding carboxylic acids is 1. The van der Waals surface area contributed by atoms with Gasteiger partial charge in [-0.2, -0.15) is 9.61 Å². The fourth-order valence-corrected chi connectivity index (χ4v) is 5.38. The van der Waals surface area contributed by atoms with E-state index in [9.17, 15) is 9.90 Å². The zero-order valence-corrected chi connectivity index (χ0v) is 19.8. The molecule has 1 amide bonds. The average molecular weight is 476 g/mol. The molecule has 10 nitrogen and oxygen atoms in total. The van der Waals surface area contributed by atoms with Crippen LogP contribution in [0.1, 0.15) is 48.5 Å². The summed E-state index contributed by atoms with van der Waals surface area (Å²) in [6, 6.07) is 5.90. The van der Waals surface area contributed by atoms with Gasteiger partial charge in [-0.25, -0.2) is 9.97 Å². The van der Waals surface area contributed by atoms with Gasteiger partial charge in [0.1, 0.15) is 17.0 Å². The predicted octanol–water partition coefficient (Wildman–Crippen LogP) is 2.78. The van der Waals surface area contributed by atoms with Crippen LogP contribution in [0.5, 0.6) is 0 Å². The normalized spacial score (nSPS) is 24.1. The molecule has 10 heteroatoms. The lowest BCUT2D eigenvalue weighted by Crippen LogP contribution is -2.50. The van der Waals surface area contributed by atoms with Gasteiger partial charge in [0, 0.05) is 43.6 Å². The summed E-state index contributed by atoms with van der Waals surface area (Å²) in [6.45, 7) is 0. The highest BCUT2D eigenvalue weighted by Gasteiger charge is 2.32. The fourth-order valence-electron chi connectivity index (χ4n) is 5.38. The van der Waals surface area contributed by atoms with Crippen molar-refractivity contribution < 1.29 is 14.6 Å². The molecule has 2 aliphatic carbocycles. The Morgan fingerprint density at radius 2 is 2.11 bits per heavy atom. The first-order valence-electron chi connectivity index (χ1n) is 12.1. The number of nitrogens with one attached hydrogen (secondary N) is 2. The van der Waals surface area contributed by atoms with Gasteiger partial charge in [-0.1, -0.05) is 0 Å². The summed E-state index contributed by atoms with van der Waals surface area (Å²) in [4.78, 5) is 22.6. The first kappa shape index (κ1) is 22.0. The molecular formula is C25H29N7O3. The summed E-state index contributed by atoms with van der Waals surface area (Å²) in [6.07, 6.45) is 9.74. The molecule has 0 saturated heterocycles. The van der Waals surface area contributed by atoms with Crippen LogP contribution in [0.25, 0.3) is 27.9 Å². The van der Waals surface area contributed by atoms with Gasteiger partial charge in [0.15, 0.2) is 5.65 Å². The van der Waals surface area contributed by atoms with Gasteiger partial charge in [0.05, 0.1) is 36.2 Å². The number of nitrogens with zero attached hydrogens (tertiary/aromatic N) is 5. The second-order valence-corrected chi connectivity index (χ2v) is 9.39. The number of aliphatic hydroxyl groups excluding tert-OH is 1. The smallest absolute Gasteiger partial charge is 0.257 e. The summed E-state index contributed by atoms with van der Waals surface area (Å²) in [5.74, 6) is 0.432. The maximum atomic E-state index is 13.0. The quantitative estimate of drug-likeness (QED) is 0.392. The zero-order chi connectivity index (χ0) is 24.1. The van der Waals surface area contributed by atoms with Crippen LogP contribution in [0.2, 0.25) is 0 Å². The molecule has 4 atom stereocenters. The maximum absolute atomic E-state index is 13.0. The second-order valence-electron chi connectivity index (χ2n) is 9.39. The molecule has 0 aromatic carbocycles. The van der Waals surface area contributed by atoms with Crippen LogP contribution in [0.15, 0.2) is 36.8 Å². The van der Waals surface area contributed by atoms with Gasteiger partial charge < -0.3 is 25.0 Å². The number of ether oxygens (including phenoxy) is 1. The molecule has 2 saturated carbocycles. The number of hydrogen-bond acceptors (Lipinski definition) is 7. The molecule has 0 bridgehead atoms. The minimum atomic E-state index is -0.498. The molecule has 4 heterocycles. The van der Waals surface area contributed by atoms with Gasteiger partial charge >= 0.3 is 0 Å². The number of hydrogen-bond donors (Lipinski definition) is 3. The third kappa shape index (κ3) is 3.55. The minimum Gasteiger partial charge on any atom is -0.391 e. The highest BCUT2D eigenvalue weighted by molar-refractivity contribution is 6.01. The van der Waals surface area contributed by atoms with E-state index in [0.717, 1.165) is 48.0 Å². The van der Waals surface area contributed by atoms with Crippen molar-refractivity contribution in [1.82, 2.24) is 29.5 Å². The first-order chi connectivity index (χ1) is 17.1. The molecule has 4 aromatic heterocycles. The average Bonchev–Trinajstić information content (AvgIpc) is 3.61. The van der Waals surface area contributed by atoms with Crippen molar-refractivity contribution in [2.75, 3.05) is 19.5 Å². The number of pyridine rings is 1. The number of carbonyl (C=O) groups is 1. The molecule has 0 aliphatic heterocycles. The Morgan fingerprint density at radius 1 is 1.23 bits per heavy atom. The zero-order valence-electron chi connectivity index (χ0n) is 19.8. The van der Waals surface area contributed by atoms with E-state index in [-0.39, 0.29) is 24.1 Å².